The third kappa shape index (κ3) is 4.30. The lowest BCUT2D eigenvalue weighted by Crippen LogP contribution is -2.51. The molecular formula is C34H34N4O5. The van der Waals surface area contributed by atoms with Crippen LogP contribution in [-0.4, -0.2) is 31.7 Å². The van der Waals surface area contributed by atoms with Gasteiger partial charge in [0.05, 0.1) is 10.6 Å². The zero-order chi connectivity index (χ0) is 29.9. The Hall–Kier alpha value is -4.29. The number of carbonyl (C=O) groups is 1. The van der Waals surface area contributed by atoms with E-state index in [4.69, 9.17) is 4.63 Å². The molecule has 2 aromatic carbocycles. The van der Waals surface area contributed by atoms with Crippen LogP contribution in [0.5, 0.6) is 0 Å². The van der Waals surface area contributed by atoms with Crippen LogP contribution in [0.4, 0.5) is 11.4 Å². The molecule has 0 unspecified atom stereocenters. The Morgan fingerprint density at radius 2 is 1.91 bits per heavy atom. The van der Waals surface area contributed by atoms with Crippen molar-refractivity contribution in [2.24, 2.45) is 17.3 Å². The maximum atomic E-state index is 12.3. The Labute approximate surface area is 249 Å². The number of rotatable bonds is 5. The second kappa shape index (κ2) is 10.2. The standard InChI is InChI=1S/C34H34N4O5/c1-3-15-34(40)16-14-27-25-10-8-22-17-23(39)9-11-24(22)30(25)26(18-33(27,34)2)21-6-4-20(5-7-21)19-35-28-12-13-29(38(41)42)32-31(28)36-43-37-32/h4-7,12-13,17,25-27,35,40H,8-11,14,16,18-19H2,1-2H3/t25-,26+,27+,33-,34+/m0/s1. The van der Waals surface area contributed by atoms with Gasteiger partial charge in [0.25, 0.3) is 0 Å². The average Bonchev–Trinajstić information content (AvgIpc) is 3.58. The van der Waals surface area contributed by atoms with E-state index in [1.807, 2.05) is 13.0 Å². The van der Waals surface area contributed by atoms with E-state index in [1.54, 1.807) is 6.07 Å². The topological polar surface area (TPSA) is 131 Å². The highest BCUT2D eigenvalue weighted by atomic mass is 16.6. The first kappa shape index (κ1) is 27.5. The summed E-state index contributed by atoms with van der Waals surface area (Å²) < 4.78 is 4.79. The summed E-state index contributed by atoms with van der Waals surface area (Å²) in [4.78, 5) is 23.2. The first-order chi connectivity index (χ1) is 20.7. The number of benzene rings is 2. The van der Waals surface area contributed by atoms with Gasteiger partial charge in [-0.05, 0) is 102 Å². The van der Waals surface area contributed by atoms with Gasteiger partial charge in [-0.3, -0.25) is 14.9 Å². The van der Waals surface area contributed by atoms with Crippen molar-refractivity contribution < 1.29 is 19.5 Å². The molecule has 9 heteroatoms. The van der Waals surface area contributed by atoms with Gasteiger partial charge in [0, 0.05) is 30.4 Å². The summed E-state index contributed by atoms with van der Waals surface area (Å²) in [6.45, 7) is 4.55. The van der Waals surface area contributed by atoms with Crippen LogP contribution in [0.15, 0.2) is 63.8 Å². The number of carbonyl (C=O) groups excluding carboxylic acids is 1. The number of hydrogen-bond donors (Lipinski definition) is 2. The molecule has 0 amide bonds. The summed E-state index contributed by atoms with van der Waals surface area (Å²) in [7, 11) is 0. The molecule has 3 aromatic rings. The molecule has 1 heterocycles. The van der Waals surface area contributed by atoms with Crippen LogP contribution < -0.4 is 5.32 Å². The van der Waals surface area contributed by atoms with Crippen molar-refractivity contribution in [1.82, 2.24) is 10.3 Å². The third-order valence-electron chi connectivity index (χ3n) is 10.7. The molecule has 4 aliphatic carbocycles. The Kier molecular flexibility index (Phi) is 6.51. The van der Waals surface area contributed by atoms with Gasteiger partial charge in [0.1, 0.15) is 5.60 Å². The van der Waals surface area contributed by atoms with E-state index in [1.165, 1.54) is 28.3 Å². The summed E-state index contributed by atoms with van der Waals surface area (Å²) in [5.41, 5.74) is 5.91. The molecule has 43 heavy (non-hydrogen) atoms. The van der Waals surface area contributed by atoms with E-state index in [9.17, 15) is 20.0 Å². The number of aromatic nitrogens is 2. The maximum Gasteiger partial charge on any atom is 0.300 e. The molecule has 0 radical (unpaired) electrons. The molecule has 2 N–H and O–H groups in total. The number of ketones is 1. The largest absolute Gasteiger partial charge is 0.379 e. The normalized spacial score (nSPS) is 29.7. The number of nitrogens with zero attached hydrogens (tertiary/aromatic N) is 3. The van der Waals surface area contributed by atoms with Crippen molar-refractivity contribution in [2.45, 2.75) is 76.9 Å². The van der Waals surface area contributed by atoms with E-state index in [0.29, 0.717) is 42.4 Å². The molecule has 5 atom stereocenters. The Morgan fingerprint density at radius 1 is 1.12 bits per heavy atom. The summed E-state index contributed by atoms with van der Waals surface area (Å²) in [6, 6.07) is 11.6. The van der Waals surface area contributed by atoms with Crippen LogP contribution in [0.2, 0.25) is 0 Å². The highest BCUT2D eigenvalue weighted by Crippen LogP contribution is 2.66. The lowest BCUT2D eigenvalue weighted by atomic mass is 9.51. The van der Waals surface area contributed by atoms with Crippen molar-refractivity contribution in [3.8, 4) is 11.8 Å². The van der Waals surface area contributed by atoms with Gasteiger partial charge < -0.3 is 10.4 Å². The first-order valence-corrected chi connectivity index (χ1v) is 15.1. The van der Waals surface area contributed by atoms with Crippen LogP contribution in [-0.2, 0) is 11.3 Å². The van der Waals surface area contributed by atoms with Crippen LogP contribution >= 0.6 is 0 Å². The Balaban J connectivity index is 1.21. The van der Waals surface area contributed by atoms with Gasteiger partial charge in [0.2, 0.25) is 5.52 Å². The van der Waals surface area contributed by atoms with E-state index >= 15 is 0 Å². The molecule has 0 saturated heterocycles. The highest BCUT2D eigenvalue weighted by molar-refractivity contribution is 5.93. The van der Waals surface area contributed by atoms with E-state index < -0.39 is 10.5 Å². The minimum absolute atomic E-state index is 0.114. The second-order valence-electron chi connectivity index (χ2n) is 12.7. The molecule has 2 saturated carbocycles. The van der Waals surface area contributed by atoms with Crippen LogP contribution in [0.3, 0.4) is 0 Å². The van der Waals surface area contributed by atoms with Gasteiger partial charge in [-0.1, -0.05) is 42.7 Å². The third-order valence-corrected chi connectivity index (χ3v) is 10.7. The zero-order valence-corrected chi connectivity index (χ0v) is 24.4. The zero-order valence-electron chi connectivity index (χ0n) is 24.4. The fourth-order valence-corrected chi connectivity index (χ4v) is 8.58. The number of fused-ring (bicyclic) bond motifs is 5. The monoisotopic (exact) mass is 578 g/mol. The Bertz CT molecular complexity index is 1780. The smallest absolute Gasteiger partial charge is 0.300 e. The molecule has 1 aromatic heterocycles. The van der Waals surface area contributed by atoms with Crippen molar-refractivity contribution in [1.29, 1.82) is 0 Å². The molecule has 0 aliphatic heterocycles. The van der Waals surface area contributed by atoms with Crippen molar-refractivity contribution in [2.75, 3.05) is 5.32 Å². The predicted octanol–water partition coefficient (Wildman–Crippen LogP) is 6.40. The SMILES string of the molecule is CC#C[C@@]1(O)CC[C@@H]2[C@@H]3CCC4=CC(=O)CCC4=C3[C@@H](c3ccc(CNc4ccc([N+](=O)[O-])c5nonc45)cc3)C[C@@]21C. The highest BCUT2D eigenvalue weighted by Gasteiger charge is 2.62. The van der Waals surface area contributed by atoms with Crippen molar-refractivity contribution in [3.63, 3.8) is 0 Å². The minimum atomic E-state index is -1.00. The summed E-state index contributed by atoms with van der Waals surface area (Å²) in [5.74, 6) is 7.35. The number of non-ortho nitro benzene ring substituents is 1. The van der Waals surface area contributed by atoms with Crippen molar-refractivity contribution >= 4 is 28.2 Å². The van der Waals surface area contributed by atoms with E-state index in [2.05, 4.69) is 58.7 Å². The number of nitro benzene ring substituents is 1. The molecule has 7 rings (SSSR count). The fraction of sp³-hybridized carbons (Fsp3) is 0.441. The van der Waals surface area contributed by atoms with Gasteiger partial charge >= 0.3 is 5.69 Å². The molecular weight excluding hydrogens is 544 g/mol. The average molecular weight is 579 g/mol. The predicted molar refractivity (Wildman–Crippen MR) is 161 cm³/mol. The number of hydrogen-bond acceptors (Lipinski definition) is 8. The molecule has 2 fully saturated rings. The molecule has 9 nitrogen and oxygen atoms in total. The minimum Gasteiger partial charge on any atom is -0.379 e. The van der Waals surface area contributed by atoms with Crippen LogP contribution in [0.1, 0.15) is 75.8 Å². The van der Waals surface area contributed by atoms with E-state index in [0.717, 1.165) is 37.7 Å². The lowest BCUT2D eigenvalue weighted by Gasteiger charge is -2.53. The van der Waals surface area contributed by atoms with E-state index in [-0.39, 0.29) is 28.3 Å². The summed E-state index contributed by atoms with van der Waals surface area (Å²) in [5, 5.41) is 34.1. The first-order valence-electron chi connectivity index (χ1n) is 15.1. The van der Waals surface area contributed by atoms with Crippen molar-refractivity contribution in [3.05, 3.63) is 80.4 Å². The molecule has 220 valence electrons. The maximum absolute atomic E-state index is 12.3. The molecule has 4 aliphatic rings. The summed E-state index contributed by atoms with van der Waals surface area (Å²) >= 11 is 0. The number of aliphatic hydroxyl groups is 1. The quantitative estimate of drug-likeness (QED) is 0.202. The lowest BCUT2D eigenvalue weighted by molar-refractivity contribution is -0.383. The van der Waals surface area contributed by atoms with Gasteiger partial charge in [-0.25, -0.2) is 4.63 Å². The fourth-order valence-electron chi connectivity index (χ4n) is 8.58. The van der Waals surface area contributed by atoms with Crippen LogP contribution in [0, 0.1) is 39.2 Å². The number of nitro groups is 1. The van der Waals surface area contributed by atoms with Crippen LogP contribution in [0.25, 0.3) is 11.0 Å². The Morgan fingerprint density at radius 3 is 2.67 bits per heavy atom. The number of allylic oxidation sites excluding steroid dienone is 4. The summed E-state index contributed by atoms with van der Waals surface area (Å²) in [6.07, 6.45) is 7.67. The second-order valence-corrected chi connectivity index (χ2v) is 12.7. The molecule has 0 spiro atoms. The van der Waals surface area contributed by atoms with Gasteiger partial charge in [-0.15, -0.1) is 5.92 Å². The van der Waals surface area contributed by atoms with Gasteiger partial charge in [0.15, 0.2) is 11.3 Å². The van der Waals surface area contributed by atoms with Gasteiger partial charge in [-0.2, -0.15) is 0 Å². The molecule has 0 bridgehead atoms. The number of nitrogens with one attached hydrogen (secondary N) is 1. The number of anilines is 1.